The van der Waals surface area contributed by atoms with Gasteiger partial charge in [0.05, 0.1) is 12.0 Å². The lowest BCUT2D eigenvalue weighted by atomic mass is 10.2. The molecular formula is C13H10OS. The summed E-state index contributed by atoms with van der Waals surface area (Å²) in [5, 5.41) is 0. The highest BCUT2D eigenvalue weighted by atomic mass is 32.1. The highest BCUT2D eigenvalue weighted by Crippen LogP contribution is 2.28. The van der Waals surface area contributed by atoms with E-state index in [0.717, 1.165) is 10.6 Å². The molecule has 0 bridgehead atoms. The predicted octanol–water partition coefficient (Wildman–Crippen LogP) is 3.41. The van der Waals surface area contributed by atoms with Crippen LogP contribution in [0.4, 0.5) is 0 Å². The Kier molecular flexibility index (Phi) is 2.75. The summed E-state index contributed by atoms with van der Waals surface area (Å²) >= 11 is 1.62. The third kappa shape index (κ3) is 2.03. The Hall–Kier alpha value is -1.72. The quantitative estimate of drug-likeness (QED) is 0.696. The summed E-state index contributed by atoms with van der Waals surface area (Å²) in [7, 11) is 1.66. The highest BCUT2D eigenvalue weighted by Gasteiger charge is 2.01. The van der Waals surface area contributed by atoms with Crippen molar-refractivity contribution in [3.63, 3.8) is 0 Å². The Morgan fingerprint density at radius 3 is 2.40 bits per heavy atom. The number of hydrogen-bond donors (Lipinski definition) is 0. The normalized spacial score (nSPS) is 9.60. The molecule has 2 rings (SSSR count). The summed E-state index contributed by atoms with van der Waals surface area (Å²) in [6, 6.07) is 12.0. The number of terminal acetylenes is 1. The number of methoxy groups -OCH3 is 1. The molecule has 0 saturated heterocycles. The molecule has 0 radical (unpaired) electrons. The van der Waals surface area contributed by atoms with Gasteiger partial charge in [0.1, 0.15) is 5.75 Å². The molecule has 0 fully saturated rings. The summed E-state index contributed by atoms with van der Waals surface area (Å²) in [4.78, 5) is 2.14. The van der Waals surface area contributed by atoms with Crippen molar-refractivity contribution < 1.29 is 4.74 Å². The second kappa shape index (κ2) is 4.20. The van der Waals surface area contributed by atoms with Crippen molar-refractivity contribution in [2.45, 2.75) is 0 Å². The lowest BCUT2D eigenvalue weighted by Crippen LogP contribution is -1.81. The SMILES string of the molecule is C#Cc1ccc(-c2ccc(OC)cc2)s1. The summed E-state index contributed by atoms with van der Waals surface area (Å²) in [6.45, 7) is 0. The summed E-state index contributed by atoms with van der Waals surface area (Å²) in [6.07, 6.45) is 5.33. The standard InChI is InChI=1S/C13H10OS/c1-3-12-8-9-13(15-12)10-4-6-11(14-2)7-5-10/h1,4-9H,2H3. The van der Waals surface area contributed by atoms with E-state index in [-0.39, 0.29) is 0 Å². The van der Waals surface area contributed by atoms with Crippen molar-refractivity contribution in [1.82, 2.24) is 0 Å². The molecule has 2 heteroatoms. The van der Waals surface area contributed by atoms with E-state index in [1.165, 1.54) is 10.4 Å². The van der Waals surface area contributed by atoms with Crippen LogP contribution in [-0.2, 0) is 0 Å². The van der Waals surface area contributed by atoms with Crippen LogP contribution in [0.5, 0.6) is 5.75 Å². The van der Waals surface area contributed by atoms with Gasteiger partial charge in [-0.1, -0.05) is 5.92 Å². The fourth-order valence-corrected chi connectivity index (χ4v) is 2.15. The zero-order valence-corrected chi connectivity index (χ0v) is 9.17. The number of ether oxygens (including phenoxy) is 1. The molecule has 0 unspecified atom stereocenters. The van der Waals surface area contributed by atoms with Gasteiger partial charge in [-0.2, -0.15) is 0 Å². The number of hydrogen-bond acceptors (Lipinski definition) is 2. The van der Waals surface area contributed by atoms with Crippen molar-refractivity contribution in [2.24, 2.45) is 0 Å². The van der Waals surface area contributed by atoms with E-state index < -0.39 is 0 Å². The highest BCUT2D eigenvalue weighted by molar-refractivity contribution is 7.16. The predicted molar refractivity (Wildman–Crippen MR) is 64.2 cm³/mol. The van der Waals surface area contributed by atoms with Crippen LogP contribution in [-0.4, -0.2) is 7.11 Å². The van der Waals surface area contributed by atoms with Crippen molar-refractivity contribution >= 4 is 11.3 Å². The van der Waals surface area contributed by atoms with Gasteiger partial charge in [0.2, 0.25) is 0 Å². The lowest BCUT2D eigenvalue weighted by Gasteiger charge is -2.00. The number of benzene rings is 1. The summed E-state index contributed by atoms with van der Waals surface area (Å²) < 4.78 is 5.10. The molecular weight excluding hydrogens is 204 g/mol. The van der Waals surface area contributed by atoms with Crippen LogP contribution in [0.25, 0.3) is 10.4 Å². The summed E-state index contributed by atoms with van der Waals surface area (Å²) in [5.74, 6) is 3.50. The molecule has 0 aliphatic heterocycles. The largest absolute Gasteiger partial charge is 0.497 e. The molecule has 0 saturated carbocycles. The van der Waals surface area contributed by atoms with E-state index in [9.17, 15) is 0 Å². The first kappa shape index (κ1) is 9.82. The first-order valence-electron chi connectivity index (χ1n) is 4.54. The average Bonchev–Trinajstić information content (AvgIpc) is 2.78. The van der Waals surface area contributed by atoms with Gasteiger partial charge in [-0.25, -0.2) is 0 Å². The van der Waals surface area contributed by atoms with Gasteiger partial charge in [-0.05, 0) is 42.0 Å². The van der Waals surface area contributed by atoms with Crippen molar-refractivity contribution in [3.05, 3.63) is 41.3 Å². The number of rotatable bonds is 2. The molecule has 74 valence electrons. The molecule has 0 aliphatic carbocycles. The van der Waals surface area contributed by atoms with Crippen LogP contribution >= 0.6 is 11.3 Å². The second-order valence-corrected chi connectivity index (χ2v) is 4.12. The molecule has 0 amide bonds. The van der Waals surface area contributed by atoms with Crippen molar-refractivity contribution in [1.29, 1.82) is 0 Å². The molecule has 1 heterocycles. The van der Waals surface area contributed by atoms with E-state index >= 15 is 0 Å². The van der Waals surface area contributed by atoms with Gasteiger partial charge in [-0.15, -0.1) is 17.8 Å². The minimum absolute atomic E-state index is 0.868. The maximum absolute atomic E-state index is 5.33. The van der Waals surface area contributed by atoms with E-state index in [1.54, 1.807) is 18.4 Å². The van der Waals surface area contributed by atoms with Gasteiger partial charge in [0, 0.05) is 4.88 Å². The van der Waals surface area contributed by atoms with Gasteiger partial charge in [-0.3, -0.25) is 0 Å². The van der Waals surface area contributed by atoms with Gasteiger partial charge in [0.15, 0.2) is 0 Å². The van der Waals surface area contributed by atoms with E-state index in [2.05, 4.69) is 5.92 Å². The van der Waals surface area contributed by atoms with Crippen molar-refractivity contribution in [3.8, 4) is 28.5 Å². The minimum atomic E-state index is 0.868. The molecule has 1 aromatic heterocycles. The Morgan fingerprint density at radius 1 is 1.13 bits per heavy atom. The Balaban J connectivity index is 2.33. The zero-order chi connectivity index (χ0) is 10.7. The molecule has 1 nitrogen and oxygen atoms in total. The smallest absolute Gasteiger partial charge is 0.118 e. The van der Waals surface area contributed by atoms with Crippen LogP contribution in [0.2, 0.25) is 0 Å². The molecule has 1 aromatic carbocycles. The second-order valence-electron chi connectivity index (χ2n) is 3.04. The maximum atomic E-state index is 5.33. The van der Waals surface area contributed by atoms with Crippen LogP contribution < -0.4 is 4.74 Å². The third-order valence-corrected chi connectivity index (χ3v) is 3.19. The molecule has 15 heavy (non-hydrogen) atoms. The lowest BCUT2D eigenvalue weighted by molar-refractivity contribution is 0.415. The molecule has 0 N–H and O–H groups in total. The minimum Gasteiger partial charge on any atom is -0.497 e. The fraction of sp³-hybridized carbons (Fsp3) is 0.0769. The Morgan fingerprint density at radius 2 is 1.87 bits per heavy atom. The average molecular weight is 214 g/mol. The van der Waals surface area contributed by atoms with Gasteiger partial charge >= 0.3 is 0 Å². The topological polar surface area (TPSA) is 9.23 Å². The molecule has 0 aliphatic rings. The van der Waals surface area contributed by atoms with E-state index in [4.69, 9.17) is 11.2 Å². The fourth-order valence-electron chi connectivity index (χ4n) is 1.33. The van der Waals surface area contributed by atoms with E-state index in [0.29, 0.717) is 0 Å². The van der Waals surface area contributed by atoms with Gasteiger partial charge < -0.3 is 4.74 Å². The molecule has 0 spiro atoms. The summed E-state index contributed by atoms with van der Waals surface area (Å²) in [5.41, 5.74) is 1.17. The van der Waals surface area contributed by atoms with Crippen LogP contribution in [0, 0.1) is 12.3 Å². The monoisotopic (exact) mass is 214 g/mol. The first-order valence-corrected chi connectivity index (χ1v) is 5.36. The zero-order valence-electron chi connectivity index (χ0n) is 8.36. The molecule has 0 atom stereocenters. The Labute approximate surface area is 93.3 Å². The van der Waals surface area contributed by atoms with Crippen molar-refractivity contribution in [2.75, 3.05) is 7.11 Å². The van der Waals surface area contributed by atoms with Gasteiger partial charge in [0.25, 0.3) is 0 Å². The third-order valence-electron chi connectivity index (χ3n) is 2.12. The number of thiophene rings is 1. The van der Waals surface area contributed by atoms with E-state index in [1.807, 2.05) is 36.4 Å². The van der Waals surface area contributed by atoms with Crippen LogP contribution in [0.3, 0.4) is 0 Å². The van der Waals surface area contributed by atoms with Crippen LogP contribution in [0.1, 0.15) is 4.88 Å². The molecule has 2 aromatic rings. The maximum Gasteiger partial charge on any atom is 0.118 e. The first-order chi connectivity index (χ1) is 7.33. The Bertz CT molecular complexity index is 488. The van der Waals surface area contributed by atoms with Crippen LogP contribution in [0.15, 0.2) is 36.4 Å².